The van der Waals surface area contributed by atoms with Gasteiger partial charge in [0.15, 0.2) is 0 Å². The maximum Gasteiger partial charge on any atom is 0.307 e. The standard InChI is InChI=1S/C8H7BrClNO2/c9-8-4(3-7(12)13)6(11)2-1-5(8)10/h1-2H,3,11H2,(H,12,13). The minimum absolute atomic E-state index is 0.132. The molecular formula is C8H7BrClNO2. The van der Waals surface area contributed by atoms with E-state index in [-0.39, 0.29) is 6.42 Å². The molecule has 0 radical (unpaired) electrons. The van der Waals surface area contributed by atoms with E-state index in [1.807, 2.05) is 0 Å². The van der Waals surface area contributed by atoms with Crippen LogP contribution in [-0.4, -0.2) is 11.1 Å². The molecule has 1 rings (SSSR count). The lowest BCUT2D eigenvalue weighted by Gasteiger charge is -2.06. The highest BCUT2D eigenvalue weighted by atomic mass is 79.9. The summed E-state index contributed by atoms with van der Waals surface area (Å²) >= 11 is 8.96. The van der Waals surface area contributed by atoms with Crippen molar-refractivity contribution >= 4 is 39.2 Å². The van der Waals surface area contributed by atoms with Gasteiger partial charge in [0.2, 0.25) is 0 Å². The molecule has 0 aromatic heterocycles. The second-order valence-corrected chi connectivity index (χ2v) is 3.70. The number of anilines is 1. The number of carbonyl (C=O) groups is 1. The fraction of sp³-hybridized carbons (Fsp3) is 0.125. The average molecular weight is 265 g/mol. The van der Waals surface area contributed by atoms with E-state index in [1.54, 1.807) is 12.1 Å². The highest BCUT2D eigenvalue weighted by molar-refractivity contribution is 9.10. The third-order valence-corrected chi connectivity index (χ3v) is 3.01. The Labute approximate surface area is 88.6 Å². The maximum absolute atomic E-state index is 10.5. The molecule has 0 saturated carbocycles. The molecule has 0 aliphatic heterocycles. The van der Waals surface area contributed by atoms with Gasteiger partial charge in [-0.3, -0.25) is 4.79 Å². The SMILES string of the molecule is Nc1ccc(Cl)c(Br)c1CC(=O)O. The molecule has 1 aromatic carbocycles. The molecule has 0 amide bonds. The van der Waals surface area contributed by atoms with Gasteiger partial charge in [-0.1, -0.05) is 11.6 Å². The highest BCUT2D eigenvalue weighted by Crippen LogP contribution is 2.30. The molecule has 5 heteroatoms. The van der Waals surface area contributed by atoms with Crippen molar-refractivity contribution in [3.8, 4) is 0 Å². The quantitative estimate of drug-likeness (QED) is 0.806. The number of hydrogen-bond donors (Lipinski definition) is 2. The first-order valence-electron chi connectivity index (χ1n) is 3.46. The third-order valence-electron chi connectivity index (χ3n) is 1.56. The number of benzene rings is 1. The van der Waals surface area contributed by atoms with E-state index >= 15 is 0 Å². The minimum Gasteiger partial charge on any atom is -0.481 e. The van der Waals surface area contributed by atoms with Gasteiger partial charge < -0.3 is 10.8 Å². The predicted octanol–water partition coefficient (Wildman–Crippen LogP) is 2.31. The number of nitrogen functional groups attached to an aromatic ring is 1. The third kappa shape index (κ3) is 2.35. The van der Waals surface area contributed by atoms with Crippen LogP contribution in [0.2, 0.25) is 5.02 Å². The van der Waals surface area contributed by atoms with Crippen molar-refractivity contribution in [2.24, 2.45) is 0 Å². The Balaban J connectivity index is 3.17. The molecule has 0 aliphatic rings. The summed E-state index contributed by atoms with van der Waals surface area (Å²) < 4.78 is 0.552. The zero-order valence-electron chi connectivity index (χ0n) is 6.55. The fourth-order valence-electron chi connectivity index (χ4n) is 0.938. The fourth-order valence-corrected chi connectivity index (χ4v) is 1.62. The topological polar surface area (TPSA) is 63.3 Å². The molecule has 0 atom stereocenters. The van der Waals surface area contributed by atoms with Crippen molar-refractivity contribution in [1.82, 2.24) is 0 Å². The van der Waals surface area contributed by atoms with Crippen LogP contribution < -0.4 is 5.73 Å². The first-order chi connectivity index (χ1) is 6.02. The second-order valence-electron chi connectivity index (χ2n) is 2.50. The molecule has 0 aliphatic carbocycles. The Morgan fingerprint density at radius 2 is 2.23 bits per heavy atom. The van der Waals surface area contributed by atoms with Gasteiger partial charge in [-0.25, -0.2) is 0 Å². The number of hydrogen-bond acceptors (Lipinski definition) is 2. The van der Waals surface area contributed by atoms with Crippen LogP contribution in [-0.2, 0) is 11.2 Å². The van der Waals surface area contributed by atoms with Gasteiger partial charge in [0.05, 0.1) is 11.4 Å². The Morgan fingerprint density at radius 3 is 2.77 bits per heavy atom. The van der Waals surface area contributed by atoms with Crippen molar-refractivity contribution in [3.63, 3.8) is 0 Å². The molecule has 0 fully saturated rings. The second kappa shape index (κ2) is 3.98. The molecule has 0 spiro atoms. The Bertz CT molecular complexity index is 354. The molecule has 3 N–H and O–H groups in total. The summed E-state index contributed by atoms with van der Waals surface area (Å²) in [4.78, 5) is 10.5. The Kier molecular flexibility index (Phi) is 3.17. The van der Waals surface area contributed by atoms with Gasteiger partial charge in [0.1, 0.15) is 0 Å². The summed E-state index contributed by atoms with van der Waals surface area (Å²) in [5, 5.41) is 9.05. The van der Waals surface area contributed by atoms with Crippen LogP contribution in [0, 0.1) is 0 Å². The van der Waals surface area contributed by atoms with Crippen LogP contribution in [0.15, 0.2) is 16.6 Å². The van der Waals surface area contributed by atoms with Crippen LogP contribution in [0.1, 0.15) is 5.56 Å². The summed E-state index contributed by atoms with van der Waals surface area (Å²) in [7, 11) is 0. The van der Waals surface area contributed by atoms with E-state index in [0.717, 1.165) is 0 Å². The van der Waals surface area contributed by atoms with E-state index in [9.17, 15) is 4.79 Å². The van der Waals surface area contributed by atoms with E-state index in [2.05, 4.69) is 15.9 Å². The number of halogens is 2. The molecule has 3 nitrogen and oxygen atoms in total. The molecule has 0 unspecified atom stereocenters. The van der Waals surface area contributed by atoms with Crippen molar-refractivity contribution in [2.75, 3.05) is 5.73 Å². The number of rotatable bonds is 2. The maximum atomic E-state index is 10.5. The Morgan fingerprint density at radius 1 is 1.62 bits per heavy atom. The molecule has 0 heterocycles. The van der Waals surface area contributed by atoms with Crippen molar-refractivity contribution in [1.29, 1.82) is 0 Å². The van der Waals surface area contributed by atoms with Crippen molar-refractivity contribution in [3.05, 3.63) is 27.2 Å². The number of nitrogens with two attached hydrogens (primary N) is 1. The first-order valence-corrected chi connectivity index (χ1v) is 4.63. The molecule has 1 aromatic rings. The van der Waals surface area contributed by atoms with Crippen LogP contribution in [0.3, 0.4) is 0 Å². The zero-order chi connectivity index (χ0) is 10.0. The van der Waals surface area contributed by atoms with Gasteiger partial charge in [-0.15, -0.1) is 0 Å². The van der Waals surface area contributed by atoms with Crippen LogP contribution in [0.4, 0.5) is 5.69 Å². The summed E-state index contributed by atoms with van der Waals surface area (Å²) in [6.07, 6.45) is -0.132. The van der Waals surface area contributed by atoms with E-state index in [1.165, 1.54) is 0 Å². The van der Waals surface area contributed by atoms with Gasteiger partial charge in [-0.2, -0.15) is 0 Å². The van der Waals surface area contributed by atoms with Crippen LogP contribution in [0.5, 0.6) is 0 Å². The lowest BCUT2D eigenvalue weighted by atomic mass is 10.1. The summed E-state index contributed by atoms with van der Waals surface area (Å²) in [5.74, 6) is -0.935. The van der Waals surface area contributed by atoms with Crippen molar-refractivity contribution < 1.29 is 9.90 Å². The normalized spacial score (nSPS) is 10.0. The molecule has 13 heavy (non-hydrogen) atoms. The summed E-state index contributed by atoms with van der Waals surface area (Å²) in [6.45, 7) is 0. The largest absolute Gasteiger partial charge is 0.481 e. The summed E-state index contributed by atoms with van der Waals surface area (Å²) in [6, 6.07) is 3.21. The van der Waals surface area contributed by atoms with Crippen molar-refractivity contribution in [2.45, 2.75) is 6.42 Å². The van der Waals surface area contributed by atoms with Gasteiger partial charge >= 0.3 is 5.97 Å². The van der Waals surface area contributed by atoms with Crippen LogP contribution >= 0.6 is 27.5 Å². The molecule has 0 saturated heterocycles. The van der Waals surface area contributed by atoms with E-state index in [0.29, 0.717) is 20.7 Å². The smallest absolute Gasteiger partial charge is 0.307 e. The van der Waals surface area contributed by atoms with Gasteiger partial charge in [0, 0.05) is 15.7 Å². The lowest BCUT2D eigenvalue weighted by Crippen LogP contribution is -2.04. The van der Waals surface area contributed by atoms with E-state index < -0.39 is 5.97 Å². The minimum atomic E-state index is -0.935. The molecule has 70 valence electrons. The number of aliphatic carboxylic acids is 1. The monoisotopic (exact) mass is 263 g/mol. The molecular weight excluding hydrogens is 257 g/mol. The summed E-state index contributed by atoms with van der Waals surface area (Å²) in [5.41, 5.74) is 6.53. The highest BCUT2D eigenvalue weighted by Gasteiger charge is 2.11. The predicted molar refractivity (Wildman–Crippen MR) is 54.9 cm³/mol. The molecule has 0 bridgehead atoms. The van der Waals surface area contributed by atoms with Gasteiger partial charge in [-0.05, 0) is 28.1 Å². The Hall–Kier alpha value is -0.740. The number of carboxylic acids is 1. The van der Waals surface area contributed by atoms with Gasteiger partial charge in [0.25, 0.3) is 0 Å². The number of carboxylic acid groups (broad SMARTS) is 1. The first kappa shape index (κ1) is 10.3. The van der Waals surface area contributed by atoms with Crippen LogP contribution in [0.25, 0.3) is 0 Å². The van der Waals surface area contributed by atoms with E-state index in [4.69, 9.17) is 22.4 Å². The lowest BCUT2D eigenvalue weighted by molar-refractivity contribution is -0.136. The average Bonchev–Trinajstić information content (AvgIpc) is 2.05. The zero-order valence-corrected chi connectivity index (χ0v) is 8.89.